The summed E-state index contributed by atoms with van der Waals surface area (Å²) < 4.78 is 9.13. The van der Waals surface area contributed by atoms with Gasteiger partial charge in [0.15, 0.2) is 0 Å². The molecule has 3 rings (SSSR count). The minimum atomic E-state index is 0. The van der Waals surface area contributed by atoms with Crippen LogP contribution in [0.4, 0.5) is 5.69 Å². The number of benzene rings is 2. The van der Waals surface area contributed by atoms with Crippen LogP contribution >= 0.6 is 11.3 Å². The molecule has 1 aromatic heterocycles. The summed E-state index contributed by atoms with van der Waals surface area (Å²) in [5.74, 6) is 0.935. The average Bonchev–Trinajstić information content (AvgIpc) is 2.84. The quantitative estimate of drug-likeness (QED) is 0.650. The van der Waals surface area contributed by atoms with Crippen molar-refractivity contribution in [2.75, 3.05) is 25.6 Å². The molecule has 0 fully saturated rings. The van der Waals surface area contributed by atoms with E-state index in [-0.39, 0.29) is 12.4 Å². The summed E-state index contributed by atoms with van der Waals surface area (Å²) in [6.07, 6.45) is 0. The van der Waals surface area contributed by atoms with Gasteiger partial charge in [0.2, 0.25) is 5.52 Å². The van der Waals surface area contributed by atoms with E-state index in [9.17, 15) is 0 Å². The number of halogens is 1. The van der Waals surface area contributed by atoms with E-state index in [4.69, 9.17) is 4.74 Å². The first kappa shape index (κ1) is 17.6. The fourth-order valence-corrected chi connectivity index (χ4v) is 3.88. The molecule has 122 valence electrons. The van der Waals surface area contributed by atoms with E-state index in [1.165, 1.54) is 26.5 Å². The van der Waals surface area contributed by atoms with Crippen LogP contribution in [-0.2, 0) is 7.05 Å². The topological polar surface area (TPSA) is 16.4 Å². The maximum atomic E-state index is 5.62. The third-order valence-electron chi connectivity index (χ3n) is 3.73. The maximum Gasteiger partial charge on any atom is 0.271 e. The number of ether oxygens (including phenoxy) is 1. The molecule has 0 aliphatic rings. The lowest BCUT2D eigenvalue weighted by Crippen LogP contribution is -3.00. The van der Waals surface area contributed by atoms with Gasteiger partial charge in [0.25, 0.3) is 5.01 Å². The first-order valence-corrected chi connectivity index (χ1v) is 8.25. The number of anilines is 1. The molecule has 0 unspecified atom stereocenters. The first-order valence-electron chi connectivity index (χ1n) is 7.44. The predicted molar refractivity (Wildman–Crippen MR) is 93.9 cm³/mol. The molecule has 0 aliphatic heterocycles. The van der Waals surface area contributed by atoms with E-state index in [1.807, 2.05) is 13.0 Å². The molecular formula is C18H21ClN2OS. The Morgan fingerprint density at radius 1 is 1.13 bits per heavy atom. The van der Waals surface area contributed by atoms with Gasteiger partial charge in [-0.25, -0.2) is 0 Å². The molecule has 0 aliphatic carbocycles. The zero-order chi connectivity index (χ0) is 15.7. The molecule has 0 radical (unpaired) electrons. The predicted octanol–water partition coefficient (Wildman–Crippen LogP) is 0.862. The molecule has 0 bridgehead atoms. The highest BCUT2D eigenvalue weighted by Gasteiger charge is 2.22. The number of hydrogen-bond acceptors (Lipinski definition) is 3. The number of aryl methyl sites for hydroxylation is 1. The number of hydrogen-bond donors (Lipinski definition) is 0. The van der Waals surface area contributed by atoms with Crippen LogP contribution in [0.3, 0.4) is 0 Å². The SMILES string of the molecule is CCOc1ccc2c(c1)sc(-c1ccccc1N(C)C)[n+]2C.[Cl-]. The van der Waals surface area contributed by atoms with Crippen molar-refractivity contribution in [1.29, 1.82) is 0 Å². The smallest absolute Gasteiger partial charge is 0.271 e. The molecule has 0 N–H and O–H groups in total. The van der Waals surface area contributed by atoms with Crippen LogP contribution in [0.1, 0.15) is 6.92 Å². The molecule has 0 saturated carbocycles. The van der Waals surface area contributed by atoms with E-state index in [0.717, 1.165) is 5.75 Å². The van der Waals surface area contributed by atoms with Gasteiger partial charge in [-0.05, 0) is 25.1 Å². The molecule has 0 saturated heterocycles. The van der Waals surface area contributed by atoms with Crippen molar-refractivity contribution in [1.82, 2.24) is 0 Å². The van der Waals surface area contributed by atoms with Gasteiger partial charge in [0.05, 0.1) is 17.9 Å². The van der Waals surface area contributed by atoms with Crippen molar-refractivity contribution >= 4 is 27.2 Å². The lowest BCUT2D eigenvalue weighted by Gasteiger charge is -2.14. The Kier molecular flexibility index (Phi) is 5.50. The average molecular weight is 349 g/mol. The second-order valence-corrected chi connectivity index (χ2v) is 6.47. The first-order chi connectivity index (χ1) is 10.6. The largest absolute Gasteiger partial charge is 1.00 e. The Balaban J connectivity index is 0.00000192. The summed E-state index contributed by atoms with van der Waals surface area (Å²) in [6.45, 7) is 2.71. The number of rotatable bonds is 4. The van der Waals surface area contributed by atoms with Crippen molar-refractivity contribution in [3.05, 3.63) is 42.5 Å². The van der Waals surface area contributed by atoms with Crippen LogP contribution in [0.25, 0.3) is 20.8 Å². The second kappa shape index (κ2) is 7.20. The molecular weight excluding hydrogens is 328 g/mol. The Bertz CT molecular complexity index is 814. The van der Waals surface area contributed by atoms with Gasteiger partial charge < -0.3 is 22.0 Å². The van der Waals surface area contributed by atoms with Gasteiger partial charge in [0.1, 0.15) is 17.5 Å². The van der Waals surface area contributed by atoms with Gasteiger partial charge in [-0.2, -0.15) is 4.57 Å². The molecule has 5 heteroatoms. The van der Waals surface area contributed by atoms with Crippen LogP contribution in [0, 0.1) is 0 Å². The summed E-state index contributed by atoms with van der Waals surface area (Å²) >= 11 is 1.80. The minimum Gasteiger partial charge on any atom is -1.00 e. The van der Waals surface area contributed by atoms with E-state index < -0.39 is 0 Å². The zero-order valence-electron chi connectivity index (χ0n) is 13.8. The maximum absolute atomic E-state index is 5.62. The van der Waals surface area contributed by atoms with Crippen molar-refractivity contribution in [3.8, 4) is 16.3 Å². The molecule has 23 heavy (non-hydrogen) atoms. The van der Waals surface area contributed by atoms with Gasteiger partial charge in [-0.1, -0.05) is 23.5 Å². The van der Waals surface area contributed by atoms with E-state index in [1.54, 1.807) is 11.3 Å². The van der Waals surface area contributed by atoms with Crippen molar-refractivity contribution in [2.24, 2.45) is 7.05 Å². The van der Waals surface area contributed by atoms with Crippen LogP contribution in [-0.4, -0.2) is 20.7 Å². The Morgan fingerprint density at radius 3 is 2.57 bits per heavy atom. The van der Waals surface area contributed by atoms with Gasteiger partial charge >= 0.3 is 0 Å². The molecule has 0 atom stereocenters. The molecule has 3 aromatic rings. The fourth-order valence-electron chi connectivity index (χ4n) is 2.67. The molecule has 2 aromatic carbocycles. The van der Waals surface area contributed by atoms with Crippen LogP contribution in [0.15, 0.2) is 42.5 Å². The molecule has 3 nitrogen and oxygen atoms in total. The number of aromatic nitrogens is 1. The van der Waals surface area contributed by atoms with Crippen LogP contribution < -0.4 is 26.6 Å². The highest BCUT2D eigenvalue weighted by molar-refractivity contribution is 7.21. The van der Waals surface area contributed by atoms with Crippen LogP contribution in [0.5, 0.6) is 5.75 Å². The zero-order valence-corrected chi connectivity index (χ0v) is 15.4. The molecule has 0 amide bonds. The summed E-state index contributed by atoms with van der Waals surface area (Å²) in [6, 6.07) is 14.8. The monoisotopic (exact) mass is 348 g/mol. The third-order valence-corrected chi connectivity index (χ3v) is 4.97. The summed E-state index contributed by atoms with van der Waals surface area (Å²) in [7, 11) is 6.29. The molecule has 0 spiro atoms. The van der Waals surface area contributed by atoms with E-state index in [0.29, 0.717) is 6.61 Å². The summed E-state index contributed by atoms with van der Waals surface area (Å²) in [5.41, 5.74) is 3.72. The van der Waals surface area contributed by atoms with Crippen LogP contribution in [0.2, 0.25) is 0 Å². The number of para-hydroxylation sites is 1. The normalized spacial score (nSPS) is 10.4. The Morgan fingerprint density at radius 2 is 1.87 bits per heavy atom. The fraction of sp³-hybridized carbons (Fsp3) is 0.278. The summed E-state index contributed by atoms with van der Waals surface area (Å²) in [4.78, 5) is 2.16. The van der Waals surface area contributed by atoms with Crippen molar-refractivity contribution in [2.45, 2.75) is 6.92 Å². The lowest BCUT2D eigenvalue weighted by atomic mass is 10.1. The third kappa shape index (κ3) is 3.28. The minimum absolute atomic E-state index is 0. The van der Waals surface area contributed by atoms with E-state index in [2.05, 4.69) is 67.0 Å². The van der Waals surface area contributed by atoms with Gasteiger partial charge in [-0.3, -0.25) is 0 Å². The lowest BCUT2D eigenvalue weighted by molar-refractivity contribution is -0.629. The number of nitrogens with zero attached hydrogens (tertiary/aromatic N) is 2. The highest BCUT2D eigenvalue weighted by Crippen LogP contribution is 2.35. The van der Waals surface area contributed by atoms with Gasteiger partial charge in [-0.15, -0.1) is 0 Å². The van der Waals surface area contributed by atoms with Crippen molar-refractivity contribution in [3.63, 3.8) is 0 Å². The Labute approximate surface area is 147 Å². The van der Waals surface area contributed by atoms with E-state index >= 15 is 0 Å². The van der Waals surface area contributed by atoms with Gasteiger partial charge in [0, 0.05) is 26.2 Å². The summed E-state index contributed by atoms with van der Waals surface area (Å²) in [5, 5.41) is 1.26. The Hall–Kier alpha value is -1.78. The standard InChI is InChI=1S/C18H21N2OS.ClH/c1-5-21-13-10-11-16-17(12-13)22-18(20(16)4)14-8-6-7-9-15(14)19(2)3;/h6-12H,5H2,1-4H3;1H/q+1;/p-1. The number of fused-ring (bicyclic) bond motifs is 1. The highest BCUT2D eigenvalue weighted by atomic mass is 35.5. The second-order valence-electron chi connectivity index (χ2n) is 5.44. The van der Waals surface area contributed by atoms with Crippen molar-refractivity contribution < 1.29 is 21.7 Å². The number of thiazole rings is 1. The molecule has 1 heterocycles.